The molecule has 4 N–H and O–H groups in total. The third kappa shape index (κ3) is 14.2. The molecule has 2 aliphatic heterocycles. The molecule has 0 unspecified atom stereocenters. The molecule has 4 atom stereocenters. The maximum absolute atomic E-state index is 14.4. The number of fused-ring (bicyclic) bond motifs is 2. The topological polar surface area (TPSA) is 159 Å². The second-order valence-corrected chi connectivity index (χ2v) is 20.8. The minimum absolute atomic E-state index is 0.00114. The Morgan fingerprint density at radius 1 is 0.800 bits per heavy atom. The number of carbonyl (C=O) groups excluding carboxylic acids is 1. The number of rotatable bonds is 23. The van der Waals surface area contributed by atoms with Gasteiger partial charge in [-0.2, -0.15) is 8.78 Å². The van der Waals surface area contributed by atoms with Crippen LogP contribution in [0.3, 0.4) is 0 Å². The van der Waals surface area contributed by atoms with E-state index >= 15 is 0 Å². The van der Waals surface area contributed by atoms with Crippen LogP contribution in [0.1, 0.15) is 71.1 Å². The second kappa shape index (κ2) is 22.6. The summed E-state index contributed by atoms with van der Waals surface area (Å²) in [5.74, 6) is -10.8. The monoisotopic (exact) mass is 879 g/mol. The molecule has 2 bridgehead atoms. The number of ether oxygens (including phenoxy) is 1. The van der Waals surface area contributed by atoms with Crippen LogP contribution in [0, 0.1) is 11.8 Å². The van der Waals surface area contributed by atoms with Crippen molar-refractivity contribution in [1.82, 2.24) is 10.0 Å². The van der Waals surface area contributed by atoms with Crippen LogP contribution in [-0.2, 0) is 29.1 Å². The number of carboxylic acid groups (broad SMARTS) is 2. The van der Waals surface area contributed by atoms with Gasteiger partial charge in [-0.05, 0) is 74.4 Å². The highest BCUT2D eigenvalue weighted by atomic mass is 32.2. The van der Waals surface area contributed by atoms with Gasteiger partial charge in [-0.1, -0.05) is 86.5 Å². The van der Waals surface area contributed by atoms with E-state index in [4.69, 9.17) is 14.9 Å². The molecule has 16 heteroatoms. The minimum Gasteiger partial charge on any atom is -0.481 e. The van der Waals surface area contributed by atoms with Gasteiger partial charge in [-0.3, -0.25) is 9.59 Å². The van der Waals surface area contributed by atoms with Crippen LogP contribution in [0.15, 0.2) is 103 Å². The molecule has 5 rings (SSSR count). The quantitative estimate of drug-likeness (QED) is 0.0346. The van der Waals surface area contributed by atoms with Gasteiger partial charge in [0, 0.05) is 25.3 Å². The summed E-state index contributed by atoms with van der Waals surface area (Å²) in [5, 5.41) is 23.1. The number of sulfonamides is 1. The number of nitrogens with one attached hydrogen (secondary N) is 2. The van der Waals surface area contributed by atoms with E-state index in [1.54, 1.807) is 12.2 Å². The van der Waals surface area contributed by atoms with E-state index in [1.165, 1.54) is 0 Å². The Balaban J connectivity index is 0.000000267. The van der Waals surface area contributed by atoms with Gasteiger partial charge in [0.05, 0.1) is 30.7 Å². The predicted octanol–water partition coefficient (Wildman–Crippen LogP) is 6.93. The summed E-state index contributed by atoms with van der Waals surface area (Å²) in [5.41, 5.74) is 0. The number of unbranched alkanes of at least 4 members (excludes halogenated alkanes) is 2. The number of carboxylic acids is 2. The van der Waals surface area contributed by atoms with E-state index < -0.39 is 66.2 Å². The summed E-state index contributed by atoms with van der Waals surface area (Å²) >= 11 is 0. The number of hydrogen-bond donors (Lipinski definition) is 4. The first-order chi connectivity index (χ1) is 28.5. The van der Waals surface area contributed by atoms with E-state index in [0.29, 0.717) is 19.4 Å². The number of hydrogen-bond acceptors (Lipinski definition) is 6. The molecular weight excluding hydrogens is 824 g/mol. The van der Waals surface area contributed by atoms with Crippen LogP contribution in [0.4, 0.5) is 17.6 Å². The van der Waals surface area contributed by atoms with Crippen molar-refractivity contribution in [2.24, 2.45) is 11.8 Å². The highest BCUT2D eigenvalue weighted by molar-refractivity contribution is 7.95. The van der Waals surface area contributed by atoms with Crippen molar-refractivity contribution in [3.05, 3.63) is 103 Å². The van der Waals surface area contributed by atoms with Crippen LogP contribution >= 0.6 is 7.26 Å². The third-order valence-electron chi connectivity index (χ3n) is 10.9. The minimum atomic E-state index is -3.73. The highest BCUT2D eigenvalue weighted by Gasteiger charge is 2.49. The summed E-state index contributed by atoms with van der Waals surface area (Å²) in [7, 11) is -5.84. The number of halogens is 4. The van der Waals surface area contributed by atoms with Crippen LogP contribution < -0.4 is 26.0 Å². The van der Waals surface area contributed by atoms with E-state index in [-0.39, 0.29) is 48.9 Å². The van der Waals surface area contributed by atoms with E-state index in [1.807, 2.05) is 97.9 Å². The fourth-order valence-corrected chi connectivity index (χ4v) is 13.3. The lowest BCUT2D eigenvalue weighted by Crippen LogP contribution is -2.42. The van der Waals surface area contributed by atoms with Gasteiger partial charge in [0.1, 0.15) is 29.6 Å². The van der Waals surface area contributed by atoms with Crippen molar-refractivity contribution in [3.63, 3.8) is 0 Å². The predicted molar refractivity (Wildman–Crippen MR) is 227 cm³/mol. The third-order valence-corrected chi connectivity index (χ3v) is 16.8. The van der Waals surface area contributed by atoms with Crippen molar-refractivity contribution < 1.29 is 55.3 Å². The average molecular weight is 880 g/mol. The largest absolute Gasteiger partial charge is 0.481 e. The standard InChI is InChI=1S/C23H21F2O2P.C21H34F2N2O6S/c24-23(25,18-22(26)27)16-17-28(19-10-4-1-5-11-19,20-12-6-2-7-13-20)21-14-8-3-9-15-21;1-2-3-7-12-32(29,30)25-14-19(26)24-13-16-15(17-9-10-18(16)31-17)8-5-4-6-11-21(22,23)20(27)28/h1-15H,16-18H2;4-5,15-18,25H,2-3,6-14H2,1H3,(H,24,26)(H,27,28)/p+1/b;5-4-/t;15-,16+,17-,18+/m.1/s1. The molecule has 0 aromatic heterocycles. The maximum Gasteiger partial charge on any atom is 0.374 e. The molecule has 0 aliphatic carbocycles. The van der Waals surface area contributed by atoms with E-state index in [0.717, 1.165) is 41.6 Å². The normalized spacial score (nSPS) is 19.1. The molecule has 2 heterocycles. The van der Waals surface area contributed by atoms with E-state index in [2.05, 4.69) is 10.0 Å². The van der Waals surface area contributed by atoms with E-state index in [9.17, 15) is 40.4 Å². The number of aliphatic carboxylic acids is 2. The summed E-state index contributed by atoms with van der Waals surface area (Å²) < 4.78 is 87.1. The Hall–Kier alpha value is -4.17. The lowest BCUT2D eigenvalue weighted by Gasteiger charge is -2.29. The maximum atomic E-state index is 14.4. The molecule has 1 amide bonds. The number of carbonyl (C=O) groups is 3. The SMILES string of the molecule is CCCCCS(=O)(=O)NCC(=O)NC[C@H]1[C@@H](C/C=C\CCC(F)(F)C(=O)O)[C@H]2CC[C@@H]1O2.O=C(O)CC(F)(F)CC[P+](c1ccccc1)(c1ccccc1)c1ccccc1. The molecule has 0 radical (unpaired) electrons. The zero-order valence-electron chi connectivity index (χ0n) is 33.7. The van der Waals surface area contributed by atoms with Crippen LogP contribution in [0.2, 0.25) is 0 Å². The molecule has 328 valence electrons. The zero-order chi connectivity index (χ0) is 43.8. The molecule has 3 aromatic rings. The molecular formula is C44H56F4N2O8PS+. The van der Waals surface area contributed by atoms with Crippen molar-refractivity contribution in [1.29, 1.82) is 0 Å². The molecule has 0 saturated carbocycles. The molecule has 2 saturated heterocycles. The molecule has 2 fully saturated rings. The lowest BCUT2D eigenvalue weighted by atomic mass is 9.77. The smallest absolute Gasteiger partial charge is 0.374 e. The van der Waals surface area contributed by atoms with Gasteiger partial charge in [0.2, 0.25) is 15.9 Å². The summed E-state index contributed by atoms with van der Waals surface area (Å²) in [6.07, 6.45) is 5.83. The molecule has 60 heavy (non-hydrogen) atoms. The van der Waals surface area contributed by atoms with Crippen molar-refractivity contribution in [2.45, 2.75) is 95.2 Å². The first-order valence-corrected chi connectivity index (χ1v) is 23.9. The van der Waals surface area contributed by atoms with Gasteiger partial charge in [0.15, 0.2) is 0 Å². The Labute approximate surface area is 350 Å². The Morgan fingerprint density at radius 3 is 1.83 bits per heavy atom. The Kier molecular flexibility index (Phi) is 18.3. The summed E-state index contributed by atoms with van der Waals surface area (Å²) in [6, 6.07) is 29.2. The number of benzene rings is 3. The zero-order valence-corrected chi connectivity index (χ0v) is 35.4. The van der Waals surface area contributed by atoms with Crippen molar-refractivity contribution in [3.8, 4) is 0 Å². The second-order valence-electron chi connectivity index (χ2n) is 15.2. The highest BCUT2D eigenvalue weighted by Crippen LogP contribution is 2.57. The first kappa shape index (κ1) is 48.5. The van der Waals surface area contributed by atoms with Gasteiger partial charge >= 0.3 is 17.9 Å². The fourth-order valence-electron chi connectivity index (χ4n) is 7.83. The molecule has 2 aliphatic rings. The molecule has 3 aromatic carbocycles. The van der Waals surface area contributed by atoms with Crippen LogP contribution in [0.25, 0.3) is 0 Å². The number of allylic oxidation sites excluding steroid dienone is 2. The number of amides is 1. The van der Waals surface area contributed by atoms with Gasteiger partial charge in [-0.15, -0.1) is 0 Å². The van der Waals surface area contributed by atoms with Crippen molar-refractivity contribution in [2.75, 3.05) is 25.0 Å². The summed E-state index contributed by atoms with van der Waals surface area (Å²) in [4.78, 5) is 33.5. The van der Waals surface area contributed by atoms with Gasteiger partial charge in [0.25, 0.3) is 5.92 Å². The Bertz CT molecular complexity index is 1860. The molecule has 0 spiro atoms. The molecule has 10 nitrogen and oxygen atoms in total. The van der Waals surface area contributed by atoms with Crippen LogP contribution in [-0.4, -0.2) is 85.5 Å². The average Bonchev–Trinajstić information content (AvgIpc) is 3.83. The van der Waals surface area contributed by atoms with Gasteiger partial charge < -0.3 is 20.3 Å². The number of alkyl halides is 4. The van der Waals surface area contributed by atoms with Crippen molar-refractivity contribution >= 4 is 51.0 Å². The lowest BCUT2D eigenvalue weighted by molar-refractivity contribution is -0.165. The van der Waals surface area contributed by atoms with Gasteiger partial charge in [-0.25, -0.2) is 26.7 Å². The van der Waals surface area contributed by atoms with Crippen LogP contribution in [0.5, 0.6) is 0 Å². The fraction of sp³-hybridized carbons (Fsp3) is 0.477. The Morgan fingerprint density at radius 2 is 1.33 bits per heavy atom. The summed E-state index contributed by atoms with van der Waals surface area (Å²) in [6.45, 7) is 2.03. The first-order valence-electron chi connectivity index (χ1n) is 20.3.